The molecule has 5 heteroatoms. The highest BCUT2D eigenvalue weighted by molar-refractivity contribution is 7.13. The zero-order valence-electron chi connectivity index (χ0n) is 7.38. The fraction of sp³-hybridized carbons (Fsp3) is 0.571. The van der Waals surface area contributed by atoms with Gasteiger partial charge in [0.05, 0.1) is 0 Å². The lowest BCUT2D eigenvalue weighted by Crippen LogP contribution is -2.10. The molecule has 1 rings (SSSR count). The van der Waals surface area contributed by atoms with Gasteiger partial charge in [-0.15, -0.1) is 10.2 Å². The third-order valence-electron chi connectivity index (χ3n) is 1.30. The number of nitrogens with zero attached hydrogens (tertiary/aromatic N) is 2. The number of nitrogen functional groups attached to an aromatic ring is 1. The van der Waals surface area contributed by atoms with Crippen molar-refractivity contribution >= 4 is 17.2 Å². The van der Waals surface area contributed by atoms with E-state index in [-0.39, 0.29) is 11.3 Å². The monoisotopic (exact) mass is 184 g/mol. The number of aromatic nitrogens is 2. The number of amidine groups is 1. The van der Waals surface area contributed by atoms with Crippen molar-refractivity contribution in [2.45, 2.75) is 26.2 Å². The SMILES string of the molecule is CC(C)(C)c1nnc(C(=N)N)s1. The molecule has 0 atom stereocenters. The average molecular weight is 184 g/mol. The quantitative estimate of drug-likeness (QED) is 0.507. The molecular weight excluding hydrogens is 172 g/mol. The lowest BCUT2D eigenvalue weighted by atomic mass is 9.98. The summed E-state index contributed by atoms with van der Waals surface area (Å²) in [6.07, 6.45) is 0. The molecule has 0 fully saturated rings. The second-order valence-corrected chi connectivity index (χ2v) is 4.55. The van der Waals surface area contributed by atoms with Crippen molar-refractivity contribution in [3.05, 3.63) is 10.0 Å². The molecular formula is C7H12N4S. The Balaban J connectivity index is 3.00. The van der Waals surface area contributed by atoms with Gasteiger partial charge in [-0.3, -0.25) is 5.41 Å². The van der Waals surface area contributed by atoms with Gasteiger partial charge in [-0.05, 0) is 0 Å². The smallest absolute Gasteiger partial charge is 0.182 e. The summed E-state index contributed by atoms with van der Waals surface area (Å²) in [7, 11) is 0. The van der Waals surface area contributed by atoms with Crippen LogP contribution in [-0.2, 0) is 5.41 Å². The molecule has 0 spiro atoms. The highest BCUT2D eigenvalue weighted by atomic mass is 32.1. The van der Waals surface area contributed by atoms with Crippen LogP contribution in [0.25, 0.3) is 0 Å². The molecule has 1 aromatic heterocycles. The number of nitrogens with two attached hydrogens (primary N) is 1. The first-order chi connectivity index (χ1) is 5.41. The lowest BCUT2D eigenvalue weighted by molar-refractivity contribution is 0.578. The summed E-state index contributed by atoms with van der Waals surface area (Å²) in [5.41, 5.74) is 5.25. The Labute approximate surface area is 75.3 Å². The van der Waals surface area contributed by atoms with E-state index in [9.17, 15) is 0 Å². The lowest BCUT2D eigenvalue weighted by Gasteiger charge is -2.12. The Morgan fingerprint density at radius 2 is 2.00 bits per heavy atom. The first kappa shape index (κ1) is 9.12. The Morgan fingerprint density at radius 1 is 1.42 bits per heavy atom. The molecule has 3 N–H and O–H groups in total. The predicted octanol–water partition coefficient (Wildman–Crippen LogP) is 1.12. The van der Waals surface area contributed by atoms with E-state index >= 15 is 0 Å². The predicted molar refractivity (Wildman–Crippen MR) is 49.6 cm³/mol. The highest BCUT2D eigenvalue weighted by Gasteiger charge is 2.19. The fourth-order valence-corrected chi connectivity index (χ4v) is 1.40. The van der Waals surface area contributed by atoms with E-state index in [0.29, 0.717) is 5.01 Å². The number of rotatable bonds is 1. The topological polar surface area (TPSA) is 75.7 Å². The van der Waals surface area contributed by atoms with Gasteiger partial charge < -0.3 is 5.73 Å². The molecule has 0 saturated carbocycles. The minimum atomic E-state index is -0.0111. The molecule has 0 aliphatic heterocycles. The fourth-order valence-electron chi connectivity index (χ4n) is 0.635. The molecule has 0 aromatic carbocycles. The summed E-state index contributed by atoms with van der Waals surface area (Å²) >= 11 is 1.38. The van der Waals surface area contributed by atoms with E-state index in [0.717, 1.165) is 5.01 Å². The van der Waals surface area contributed by atoms with Crippen LogP contribution >= 0.6 is 11.3 Å². The van der Waals surface area contributed by atoms with Crippen molar-refractivity contribution in [1.82, 2.24) is 10.2 Å². The molecule has 66 valence electrons. The van der Waals surface area contributed by atoms with Gasteiger partial charge in [-0.25, -0.2) is 0 Å². The highest BCUT2D eigenvalue weighted by Crippen LogP contribution is 2.24. The molecule has 0 unspecified atom stereocenters. The summed E-state index contributed by atoms with van der Waals surface area (Å²) in [4.78, 5) is 0. The molecule has 0 bridgehead atoms. The van der Waals surface area contributed by atoms with Crippen molar-refractivity contribution in [3.63, 3.8) is 0 Å². The van der Waals surface area contributed by atoms with Gasteiger partial charge in [0.15, 0.2) is 10.8 Å². The molecule has 0 aliphatic rings. The summed E-state index contributed by atoms with van der Waals surface area (Å²) in [6.45, 7) is 6.16. The third-order valence-corrected chi connectivity index (χ3v) is 2.68. The zero-order valence-corrected chi connectivity index (χ0v) is 8.20. The first-order valence-electron chi connectivity index (χ1n) is 3.59. The van der Waals surface area contributed by atoms with Gasteiger partial charge in [-0.1, -0.05) is 32.1 Å². The summed E-state index contributed by atoms with van der Waals surface area (Å²) in [6, 6.07) is 0. The maximum Gasteiger partial charge on any atom is 0.182 e. The maximum atomic E-state index is 7.14. The van der Waals surface area contributed by atoms with Crippen molar-refractivity contribution in [3.8, 4) is 0 Å². The summed E-state index contributed by atoms with van der Waals surface area (Å²) in [5.74, 6) is -0.0111. The van der Waals surface area contributed by atoms with Crippen LogP contribution in [0, 0.1) is 5.41 Å². The van der Waals surface area contributed by atoms with Crippen LogP contribution in [0.4, 0.5) is 0 Å². The van der Waals surface area contributed by atoms with Gasteiger partial charge in [0.25, 0.3) is 0 Å². The number of nitrogens with one attached hydrogen (secondary N) is 1. The van der Waals surface area contributed by atoms with Crippen LogP contribution in [0.1, 0.15) is 30.8 Å². The van der Waals surface area contributed by atoms with Crippen molar-refractivity contribution < 1.29 is 0 Å². The Kier molecular flexibility index (Phi) is 2.14. The molecule has 0 saturated heterocycles. The van der Waals surface area contributed by atoms with E-state index in [1.165, 1.54) is 11.3 Å². The van der Waals surface area contributed by atoms with Crippen LogP contribution in [0.5, 0.6) is 0 Å². The van der Waals surface area contributed by atoms with Crippen LogP contribution in [0.15, 0.2) is 0 Å². The zero-order chi connectivity index (χ0) is 9.35. The number of hydrogen-bond acceptors (Lipinski definition) is 4. The van der Waals surface area contributed by atoms with Gasteiger partial charge >= 0.3 is 0 Å². The normalized spacial score (nSPS) is 11.6. The molecule has 4 nitrogen and oxygen atoms in total. The van der Waals surface area contributed by atoms with Crippen LogP contribution in [0.3, 0.4) is 0 Å². The van der Waals surface area contributed by atoms with Gasteiger partial charge in [0, 0.05) is 5.41 Å². The number of hydrogen-bond donors (Lipinski definition) is 2. The Morgan fingerprint density at radius 3 is 2.25 bits per heavy atom. The van der Waals surface area contributed by atoms with Crippen molar-refractivity contribution in [2.75, 3.05) is 0 Å². The molecule has 1 aromatic rings. The second kappa shape index (κ2) is 2.82. The Bertz CT molecular complexity index is 297. The minimum absolute atomic E-state index is 0.00856. The average Bonchev–Trinajstić information content (AvgIpc) is 2.30. The van der Waals surface area contributed by atoms with Crippen molar-refractivity contribution in [1.29, 1.82) is 5.41 Å². The van der Waals surface area contributed by atoms with E-state index in [2.05, 4.69) is 31.0 Å². The van der Waals surface area contributed by atoms with E-state index in [1.807, 2.05) is 0 Å². The summed E-state index contributed by atoms with van der Waals surface area (Å²) < 4.78 is 0. The molecule has 0 aliphatic carbocycles. The minimum Gasteiger partial charge on any atom is -0.382 e. The maximum absolute atomic E-state index is 7.14. The first-order valence-corrected chi connectivity index (χ1v) is 4.41. The van der Waals surface area contributed by atoms with Gasteiger partial charge in [0.2, 0.25) is 0 Å². The molecule has 0 amide bonds. The molecule has 0 radical (unpaired) electrons. The van der Waals surface area contributed by atoms with Gasteiger partial charge in [0.1, 0.15) is 5.01 Å². The van der Waals surface area contributed by atoms with Crippen LogP contribution in [0.2, 0.25) is 0 Å². The molecule has 12 heavy (non-hydrogen) atoms. The second-order valence-electron chi connectivity index (χ2n) is 3.58. The standard InChI is InChI=1S/C7H12N4S/c1-7(2,3)6-11-10-5(12-6)4(8)9/h1-3H3,(H3,8,9). The van der Waals surface area contributed by atoms with E-state index in [1.54, 1.807) is 0 Å². The van der Waals surface area contributed by atoms with E-state index in [4.69, 9.17) is 11.1 Å². The summed E-state index contributed by atoms with van der Waals surface area (Å²) in [5, 5.41) is 16.3. The largest absolute Gasteiger partial charge is 0.382 e. The van der Waals surface area contributed by atoms with Crippen LogP contribution in [-0.4, -0.2) is 16.0 Å². The van der Waals surface area contributed by atoms with Gasteiger partial charge in [-0.2, -0.15) is 0 Å². The molecule has 1 heterocycles. The van der Waals surface area contributed by atoms with Crippen molar-refractivity contribution in [2.24, 2.45) is 5.73 Å². The van der Waals surface area contributed by atoms with E-state index < -0.39 is 0 Å². The third kappa shape index (κ3) is 1.79. The van der Waals surface area contributed by atoms with Crippen LogP contribution < -0.4 is 5.73 Å². The Hall–Kier alpha value is -0.970.